The number of nitrogen functional groups attached to an aromatic ring is 2. The molecule has 4 N–H and O–H groups in total. The summed E-state index contributed by atoms with van der Waals surface area (Å²) in [5.74, 6) is 0. The lowest BCUT2D eigenvalue weighted by Gasteiger charge is -2.14. The van der Waals surface area contributed by atoms with Crippen LogP contribution in [-0.4, -0.2) is 6.26 Å². The Morgan fingerprint density at radius 1 is 1.07 bits per heavy atom. The summed E-state index contributed by atoms with van der Waals surface area (Å²) in [6.07, 6.45) is 3.94. The standard InChI is InChI=1S/C11H18N2S/c1-4-7-6-8(5-2)10(13)11(14-3)9(7)12/h6H,4-5,12-13H2,1-3H3. The van der Waals surface area contributed by atoms with Crippen LogP contribution in [0.25, 0.3) is 0 Å². The Hall–Kier alpha value is -0.830. The molecule has 0 saturated heterocycles. The van der Waals surface area contributed by atoms with Gasteiger partial charge in [-0.1, -0.05) is 19.9 Å². The van der Waals surface area contributed by atoms with E-state index in [1.54, 1.807) is 11.8 Å². The molecule has 0 heterocycles. The molecule has 0 aliphatic carbocycles. The summed E-state index contributed by atoms with van der Waals surface area (Å²) in [5.41, 5.74) is 16.2. The van der Waals surface area contributed by atoms with Crippen molar-refractivity contribution in [1.29, 1.82) is 0 Å². The van der Waals surface area contributed by atoms with Crippen molar-refractivity contribution in [3.8, 4) is 0 Å². The van der Waals surface area contributed by atoms with E-state index in [4.69, 9.17) is 11.5 Å². The fourth-order valence-corrected chi connectivity index (χ4v) is 2.31. The number of hydrogen-bond donors (Lipinski definition) is 2. The number of anilines is 2. The Morgan fingerprint density at radius 2 is 1.50 bits per heavy atom. The number of rotatable bonds is 3. The summed E-state index contributed by atoms with van der Waals surface area (Å²) in [7, 11) is 0. The lowest BCUT2D eigenvalue weighted by Crippen LogP contribution is -2.03. The van der Waals surface area contributed by atoms with Gasteiger partial charge in [0.15, 0.2) is 0 Å². The molecular weight excluding hydrogens is 192 g/mol. The Morgan fingerprint density at radius 3 is 1.79 bits per heavy atom. The molecule has 0 spiro atoms. The van der Waals surface area contributed by atoms with E-state index in [9.17, 15) is 0 Å². The highest BCUT2D eigenvalue weighted by molar-refractivity contribution is 7.99. The van der Waals surface area contributed by atoms with E-state index < -0.39 is 0 Å². The molecule has 0 aromatic heterocycles. The number of hydrogen-bond acceptors (Lipinski definition) is 3. The van der Waals surface area contributed by atoms with Gasteiger partial charge in [0.2, 0.25) is 0 Å². The van der Waals surface area contributed by atoms with Crippen LogP contribution >= 0.6 is 11.8 Å². The van der Waals surface area contributed by atoms with Gasteiger partial charge in [-0.3, -0.25) is 0 Å². The van der Waals surface area contributed by atoms with Crippen molar-refractivity contribution in [2.75, 3.05) is 17.7 Å². The predicted molar refractivity (Wildman–Crippen MR) is 65.8 cm³/mol. The van der Waals surface area contributed by atoms with E-state index in [2.05, 4.69) is 19.9 Å². The molecule has 0 aliphatic heterocycles. The highest BCUT2D eigenvalue weighted by atomic mass is 32.2. The summed E-state index contributed by atoms with van der Waals surface area (Å²) in [5, 5.41) is 0. The minimum Gasteiger partial charge on any atom is -0.398 e. The maximum absolute atomic E-state index is 6.03. The molecule has 1 rings (SSSR count). The summed E-state index contributed by atoms with van der Waals surface area (Å²) in [4.78, 5) is 1.04. The lowest BCUT2D eigenvalue weighted by atomic mass is 10.0. The maximum Gasteiger partial charge on any atom is 0.0535 e. The molecule has 2 nitrogen and oxygen atoms in total. The molecule has 0 fully saturated rings. The zero-order valence-corrected chi connectivity index (χ0v) is 9.87. The third-order valence-corrected chi connectivity index (χ3v) is 3.34. The van der Waals surface area contributed by atoms with Gasteiger partial charge >= 0.3 is 0 Å². The van der Waals surface area contributed by atoms with Gasteiger partial charge in [-0.25, -0.2) is 0 Å². The van der Waals surface area contributed by atoms with Crippen molar-refractivity contribution in [1.82, 2.24) is 0 Å². The fourth-order valence-electron chi connectivity index (χ4n) is 1.61. The molecule has 0 unspecified atom stereocenters. The Kier molecular flexibility index (Phi) is 3.69. The first-order valence-corrected chi connectivity index (χ1v) is 6.11. The first-order chi connectivity index (χ1) is 6.65. The van der Waals surface area contributed by atoms with Gasteiger partial charge in [0, 0.05) is 0 Å². The smallest absolute Gasteiger partial charge is 0.0535 e. The highest BCUT2D eigenvalue weighted by Gasteiger charge is 2.11. The van der Waals surface area contributed by atoms with Gasteiger partial charge in [0.1, 0.15) is 0 Å². The van der Waals surface area contributed by atoms with E-state index in [0.717, 1.165) is 29.1 Å². The highest BCUT2D eigenvalue weighted by Crippen LogP contribution is 2.35. The van der Waals surface area contributed by atoms with Crippen LogP contribution in [-0.2, 0) is 12.8 Å². The molecule has 0 amide bonds. The Bertz CT molecular complexity index is 306. The average molecular weight is 210 g/mol. The molecule has 78 valence electrons. The zero-order chi connectivity index (χ0) is 10.7. The van der Waals surface area contributed by atoms with Gasteiger partial charge < -0.3 is 11.5 Å². The van der Waals surface area contributed by atoms with Crippen LogP contribution < -0.4 is 11.5 Å². The van der Waals surface area contributed by atoms with Crippen molar-refractivity contribution >= 4 is 23.1 Å². The van der Waals surface area contributed by atoms with Crippen molar-refractivity contribution in [2.45, 2.75) is 31.6 Å². The van der Waals surface area contributed by atoms with Crippen LogP contribution in [0.1, 0.15) is 25.0 Å². The number of nitrogens with two attached hydrogens (primary N) is 2. The van der Waals surface area contributed by atoms with Gasteiger partial charge in [-0.05, 0) is 30.2 Å². The van der Waals surface area contributed by atoms with Crippen LogP contribution in [0, 0.1) is 0 Å². The van der Waals surface area contributed by atoms with E-state index >= 15 is 0 Å². The van der Waals surface area contributed by atoms with Gasteiger partial charge in [-0.2, -0.15) is 0 Å². The molecule has 3 heteroatoms. The predicted octanol–water partition coefficient (Wildman–Crippen LogP) is 2.70. The van der Waals surface area contributed by atoms with E-state index in [-0.39, 0.29) is 0 Å². The Labute approximate surface area is 90.1 Å². The molecule has 0 radical (unpaired) electrons. The van der Waals surface area contributed by atoms with Gasteiger partial charge in [0.05, 0.1) is 16.3 Å². The summed E-state index contributed by atoms with van der Waals surface area (Å²) >= 11 is 1.63. The molecule has 14 heavy (non-hydrogen) atoms. The van der Waals surface area contributed by atoms with Gasteiger partial charge in [0.25, 0.3) is 0 Å². The third-order valence-electron chi connectivity index (χ3n) is 2.50. The molecule has 1 aromatic rings. The normalized spacial score (nSPS) is 10.5. The second-order valence-electron chi connectivity index (χ2n) is 3.26. The molecule has 0 bridgehead atoms. The van der Waals surface area contributed by atoms with Crippen molar-refractivity contribution in [3.63, 3.8) is 0 Å². The quantitative estimate of drug-likeness (QED) is 0.595. The van der Waals surface area contributed by atoms with Crippen LogP contribution in [0.15, 0.2) is 11.0 Å². The van der Waals surface area contributed by atoms with Crippen LogP contribution in [0.2, 0.25) is 0 Å². The zero-order valence-electron chi connectivity index (χ0n) is 9.05. The minimum absolute atomic E-state index is 0.856. The summed E-state index contributed by atoms with van der Waals surface area (Å²) < 4.78 is 0. The number of benzene rings is 1. The Balaban J connectivity index is 3.39. The maximum atomic E-state index is 6.03. The van der Waals surface area contributed by atoms with Crippen molar-refractivity contribution < 1.29 is 0 Å². The second kappa shape index (κ2) is 4.60. The van der Waals surface area contributed by atoms with Gasteiger partial charge in [-0.15, -0.1) is 11.8 Å². The van der Waals surface area contributed by atoms with E-state index in [1.807, 2.05) is 6.26 Å². The van der Waals surface area contributed by atoms with E-state index in [0.29, 0.717) is 0 Å². The van der Waals surface area contributed by atoms with E-state index in [1.165, 1.54) is 11.1 Å². The second-order valence-corrected chi connectivity index (χ2v) is 4.08. The van der Waals surface area contributed by atoms with Crippen LogP contribution in [0.4, 0.5) is 11.4 Å². The number of aryl methyl sites for hydroxylation is 2. The molecule has 0 aliphatic rings. The summed E-state index contributed by atoms with van der Waals surface area (Å²) in [6, 6.07) is 2.13. The molecule has 0 atom stereocenters. The fraction of sp³-hybridized carbons (Fsp3) is 0.455. The first-order valence-electron chi connectivity index (χ1n) is 4.89. The molecular formula is C11H18N2S. The summed E-state index contributed by atoms with van der Waals surface area (Å²) in [6.45, 7) is 4.23. The lowest BCUT2D eigenvalue weighted by molar-refractivity contribution is 1.08. The van der Waals surface area contributed by atoms with Crippen molar-refractivity contribution in [3.05, 3.63) is 17.2 Å². The monoisotopic (exact) mass is 210 g/mol. The number of thioether (sulfide) groups is 1. The molecule has 1 aromatic carbocycles. The minimum atomic E-state index is 0.856. The SMILES string of the molecule is CCc1cc(CC)c(N)c(SC)c1N. The topological polar surface area (TPSA) is 52.0 Å². The first kappa shape index (κ1) is 11.2. The molecule has 0 saturated carbocycles. The van der Waals surface area contributed by atoms with Crippen LogP contribution in [0.3, 0.4) is 0 Å². The average Bonchev–Trinajstić information content (AvgIpc) is 2.19. The third kappa shape index (κ3) is 1.82. The van der Waals surface area contributed by atoms with Crippen LogP contribution in [0.5, 0.6) is 0 Å². The van der Waals surface area contributed by atoms with Crippen molar-refractivity contribution in [2.24, 2.45) is 0 Å². The largest absolute Gasteiger partial charge is 0.398 e.